The Balaban J connectivity index is 2.09. The number of hydrogen-bond donors (Lipinski definition) is 0. The second-order valence-corrected chi connectivity index (χ2v) is 7.79. The first-order valence-electron chi connectivity index (χ1n) is 7.41. The van der Waals surface area contributed by atoms with Crippen LogP contribution in [-0.4, -0.2) is 40.6 Å². The molecule has 1 aromatic rings. The summed E-state index contributed by atoms with van der Waals surface area (Å²) in [6.07, 6.45) is 6.49. The Labute approximate surface area is 122 Å². The Morgan fingerprint density at radius 1 is 1.50 bits per heavy atom. The van der Waals surface area contributed by atoms with E-state index < -0.39 is 10.0 Å². The summed E-state index contributed by atoms with van der Waals surface area (Å²) in [6.45, 7) is 7.37. The summed E-state index contributed by atoms with van der Waals surface area (Å²) in [6, 6.07) is 0.0805. The molecule has 1 aliphatic heterocycles. The van der Waals surface area contributed by atoms with E-state index in [0.29, 0.717) is 13.1 Å². The first-order chi connectivity index (χ1) is 9.44. The van der Waals surface area contributed by atoms with Crippen molar-refractivity contribution in [3.8, 4) is 0 Å². The second kappa shape index (κ2) is 6.26. The Morgan fingerprint density at radius 2 is 2.25 bits per heavy atom. The number of hydrogen-bond acceptors (Lipinski definition) is 3. The molecular weight excluding hydrogens is 274 g/mol. The van der Waals surface area contributed by atoms with Crippen molar-refractivity contribution in [2.75, 3.05) is 12.3 Å². The predicted octanol–water partition coefficient (Wildman–Crippen LogP) is 2.03. The second-order valence-electron chi connectivity index (χ2n) is 5.83. The van der Waals surface area contributed by atoms with Crippen molar-refractivity contribution >= 4 is 10.0 Å². The van der Waals surface area contributed by atoms with Crippen LogP contribution in [0, 0.1) is 12.8 Å². The van der Waals surface area contributed by atoms with Gasteiger partial charge in [0.15, 0.2) is 0 Å². The van der Waals surface area contributed by atoms with Crippen LogP contribution in [0.2, 0.25) is 0 Å². The molecule has 20 heavy (non-hydrogen) atoms. The topological polar surface area (TPSA) is 55.2 Å². The van der Waals surface area contributed by atoms with Gasteiger partial charge in [-0.3, -0.25) is 0 Å². The molecule has 2 atom stereocenters. The van der Waals surface area contributed by atoms with Gasteiger partial charge in [-0.1, -0.05) is 20.3 Å². The van der Waals surface area contributed by atoms with Crippen molar-refractivity contribution in [2.45, 2.75) is 52.6 Å². The third-order valence-corrected chi connectivity index (χ3v) is 6.39. The first-order valence-corrected chi connectivity index (χ1v) is 9.02. The van der Waals surface area contributed by atoms with Gasteiger partial charge in [-0.25, -0.2) is 13.4 Å². The summed E-state index contributed by atoms with van der Waals surface area (Å²) in [4.78, 5) is 4.20. The summed E-state index contributed by atoms with van der Waals surface area (Å²) in [5, 5.41) is 0. The van der Waals surface area contributed by atoms with E-state index in [1.54, 1.807) is 10.5 Å². The summed E-state index contributed by atoms with van der Waals surface area (Å²) in [5.74, 6) is 1.43. The molecular formula is C14H25N3O2S. The van der Waals surface area contributed by atoms with Crippen LogP contribution >= 0.6 is 0 Å². The van der Waals surface area contributed by atoms with Crippen molar-refractivity contribution in [1.82, 2.24) is 13.9 Å². The minimum absolute atomic E-state index is 0.0805. The number of aryl methyl sites for hydroxylation is 1. The largest absolute Gasteiger partial charge is 0.334 e. The number of sulfonamides is 1. The molecule has 1 saturated heterocycles. The number of aromatic nitrogens is 2. The van der Waals surface area contributed by atoms with E-state index in [-0.39, 0.29) is 17.7 Å². The zero-order valence-corrected chi connectivity index (χ0v) is 13.4. The van der Waals surface area contributed by atoms with Crippen LogP contribution in [0.25, 0.3) is 0 Å². The fraction of sp³-hybridized carbons (Fsp3) is 0.786. The van der Waals surface area contributed by atoms with Crippen LogP contribution < -0.4 is 0 Å². The molecule has 0 amide bonds. The van der Waals surface area contributed by atoms with Crippen molar-refractivity contribution in [2.24, 2.45) is 5.92 Å². The van der Waals surface area contributed by atoms with E-state index in [1.165, 1.54) is 0 Å². The van der Waals surface area contributed by atoms with Gasteiger partial charge in [0, 0.05) is 31.5 Å². The molecule has 0 saturated carbocycles. The third kappa shape index (κ3) is 3.41. The van der Waals surface area contributed by atoms with Crippen molar-refractivity contribution in [3.63, 3.8) is 0 Å². The normalized spacial score (nSPS) is 22.2. The summed E-state index contributed by atoms with van der Waals surface area (Å²) >= 11 is 0. The van der Waals surface area contributed by atoms with E-state index in [1.807, 2.05) is 31.5 Å². The highest BCUT2D eigenvalue weighted by atomic mass is 32.2. The van der Waals surface area contributed by atoms with Crippen LogP contribution in [-0.2, 0) is 16.6 Å². The third-order valence-electron chi connectivity index (χ3n) is 4.20. The predicted molar refractivity (Wildman–Crippen MR) is 79.9 cm³/mol. The molecule has 0 spiro atoms. The molecule has 0 aromatic carbocycles. The number of imidazole rings is 1. The monoisotopic (exact) mass is 299 g/mol. The molecule has 0 radical (unpaired) electrons. The maximum absolute atomic E-state index is 12.5. The van der Waals surface area contributed by atoms with Gasteiger partial charge in [-0.15, -0.1) is 0 Å². The Kier molecular flexibility index (Phi) is 4.86. The highest BCUT2D eigenvalue weighted by Gasteiger charge is 2.34. The molecule has 2 heterocycles. The fourth-order valence-corrected chi connectivity index (χ4v) is 4.93. The molecule has 6 heteroatoms. The molecule has 1 aliphatic rings. The van der Waals surface area contributed by atoms with E-state index >= 15 is 0 Å². The average molecular weight is 299 g/mol. The van der Waals surface area contributed by atoms with Crippen molar-refractivity contribution in [1.29, 1.82) is 0 Å². The molecule has 1 aromatic heterocycles. The molecule has 0 unspecified atom stereocenters. The Morgan fingerprint density at radius 3 is 2.85 bits per heavy atom. The van der Waals surface area contributed by atoms with Gasteiger partial charge in [0.2, 0.25) is 10.0 Å². The smallest absolute Gasteiger partial charge is 0.214 e. The minimum atomic E-state index is -3.14. The lowest BCUT2D eigenvalue weighted by Crippen LogP contribution is -2.40. The molecule has 5 nitrogen and oxygen atoms in total. The van der Waals surface area contributed by atoms with Crippen molar-refractivity contribution < 1.29 is 8.42 Å². The Bertz CT molecular complexity index is 538. The fourth-order valence-electron chi connectivity index (χ4n) is 2.75. The van der Waals surface area contributed by atoms with Crippen LogP contribution in [0.1, 0.15) is 38.9 Å². The minimum Gasteiger partial charge on any atom is -0.334 e. The first kappa shape index (κ1) is 15.5. The van der Waals surface area contributed by atoms with Crippen LogP contribution in [0.5, 0.6) is 0 Å². The van der Waals surface area contributed by atoms with E-state index in [2.05, 4.69) is 4.98 Å². The quantitative estimate of drug-likeness (QED) is 0.807. The van der Waals surface area contributed by atoms with E-state index in [4.69, 9.17) is 0 Å². The van der Waals surface area contributed by atoms with Crippen LogP contribution in [0.3, 0.4) is 0 Å². The molecule has 0 N–H and O–H groups in total. The lowest BCUT2D eigenvalue weighted by atomic mass is 10.2. The Hall–Kier alpha value is -0.880. The summed E-state index contributed by atoms with van der Waals surface area (Å²) < 4.78 is 28.8. The van der Waals surface area contributed by atoms with Crippen molar-refractivity contribution in [3.05, 3.63) is 18.2 Å². The molecule has 0 bridgehead atoms. The van der Waals surface area contributed by atoms with E-state index in [9.17, 15) is 8.42 Å². The van der Waals surface area contributed by atoms with Crippen LogP contribution in [0.15, 0.2) is 12.4 Å². The highest BCUT2D eigenvalue weighted by molar-refractivity contribution is 7.89. The van der Waals surface area contributed by atoms with Gasteiger partial charge in [0.25, 0.3) is 0 Å². The van der Waals surface area contributed by atoms with E-state index in [0.717, 1.165) is 25.1 Å². The molecule has 0 aliphatic carbocycles. The highest BCUT2D eigenvalue weighted by Crippen LogP contribution is 2.24. The van der Waals surface area contributed by atoms with Gasteiger partial charge in [-0.2, -0.15) is 4.31 Å². The maximum atomic E-state index is 12.5. The SMILES string of the molecule is CC[C@H](C)CS(=O)(=O)N1CCC[C@H]1Cn1ccnc1C. The maximum Gasteiger partial charge on any atom is 0.214 e. The van der Waals surface area contributed by atoms with Gasteiger partial charge in [-0.05, 0) is 25.7 Å². The van der Waals surface area contributed by atoms with Gasteiger partial charge in [0.05, 0.1) is 5.75 Å². The molecule has 2 rings (SSSR count). The number of nitrogens with zero attached hydrogens (tertiary/aromatic N) is 3. The summed E-state index contributed by atoms with van der Waals surface area (Å²) in [7, 11) is -3.14. The molecule has 1 fully saturated rings. The standard InChI is InChI=1S/C14H25N3O2S/c1-4-12(2)11-20(18,19)17-8-5-6-14(17)10-16-9-7-15-13(16)3/h7,9,12,14H,4-6,8,10-11H2,1-3H3/t12-,14-/m0/s1. The average Bonchev–Trinajstić information content (AvgIpc) is 3.00. The van der Waals surface area contributed by atoms with Crippen LogP contribution in [0.4, 0.5) is 0 Å². The molecule has 114 valence electrons. The van der Waals surface area contributed by atoms with Gasteiger partial charge >= 0.3 is 0 Å². The van der Waals surface area contributed by atoms with Gasteiger partial charge in [0.1, 0.15) is 5.82 Å². The van der Waals surface area contributed by atoms with Gasteiger partial charge < -0.3 is 4.57 Å². The zero-order chi connectivity index (χ0) is 14.8. The summed E-state index contributed by atoms with van der Waals surface area (Å²) in [5.41, 5.74) is 0. The lowest BCUT2D eigenvalue weighted by molar-refractivity contribution is 0.347. The zero-order valence-electron chi connectivity index (χ0n) is 12.6. The lowest BCUT2D eigenvalue weighted by Gasteiger charge is -2.26. The number of rotatable bonds is 6.